The predicted molar refractivity (Wildman–Crippen MR) is 82.0 cm³/mol. The highest BCUT2D eigenvalue weighted by atomic mass is 32.2. The zero-order valence-corrected chi connectivity index (χ0v) is 13.6. The maximum absolute atomic E-state index is 13.2. The van der Waals surface area contributed by atoms with Gasteiger partial charge in [0, 0.05) is 37.1 Å². The monoisotopic (exact) mass is 323 g/mol. The van der Waals surface area contributed by atoms with Crippen molar-refractivity contribution in [2.45, 2.75) is 37.5 Å². The van der Waals surface area contributed by atoms with Crippen molar-refractivity contribution in [3.05, 3.63) is 17.2 Å². The molecule has 0 aliphatic carbocycles. The van der Waals surface area contributed by atoms with Crippen LogP contribution in [0.15, 0.2) is 11.0 Å². The Labute approximate surface area is 131 Å². The Morgan fingerprint density at radius 3 is 2.86 bits per heavy atom. The molecule has 22 heavy (non-hydrogen) atoms. The summed E-state index contributed by atoms with van der Waals surface area (Å²) >= 11 is 0. The van der Waals surface area contributed by atoms with Crippen molar-refractivity contribution in [1.82, 2.24) is 4.31 Å². The summed E-state index contributed by atoms with van der Waals surface area (Å²) in [6.07, 6.45) is 3.42. The molecular formula is C16H21NO4S. The van der Waals surface area contributed by atoms with Crippen molar-refractivity contribution >= 4 is 10.0 Å². The zero-order valence-electron chi connectivity index (χ0n) is 12.8. The van der Waals surface area contributed by atoms with Crippen LogP contribution >= 0.6 is 0 Å². The molecule has 1 unspecified atom stereocenters. The topological polar surface area (TPSA) is 55.8 Å². The summed E-state index contributed by atoms with van der Waals surface area (Å²) in [5, 5.41) is 0. The van der Waals surface area contributed by atoms with Crippen LogP contribution in [0, 0.1) is 5.92 Å². The van der Waals surface area contributed by atoms with Crippen molar-refractivity contribution < 1.29 is 17.9 Å². The van der Waals surface area contributed by atoms with Crippen LogP contribution in [0.1, 0.15) is 30.9 Å². The Morgan fingerprint density at radius 2 is 2.05 bits per heavy atom. The van der Waals surface area contributed by atoms with E-state index in [0.717, 1.165) is 36.1 Å². The molecule has 1 fully saturated rings. The number of hydrogen-bond acceptors (Lipinski definition) is 4. The van der Waals surface area contributed by atoms with Gasteiger partial charge in [-0.2, -0.15) is 4.31 Å². The van der Waals surface area contributed by atoms with Gasteiger partial charge in [-0.25, -0.2) is 8.42 Å². The molecular weight excluding hydrogens is 302 g/mol. The van der Waals surface area contributed by atoms with Crippen LogP contribution in [0.2, 0.25) is 0 Å². The molecule has 120 valence electrons. The van der Waals surface area contributed by atoms with Gasteiger partial charge in [0.1, 0.15) is 16.4 Å². The highest BCUT2D eigenvalue weighted by Crippen LogP contribution is 2.44. The average Bonchev–Trinajstić information content (AvgIpc) is 3.12. The molecule has 1 aromatic rings. The number of hydrogen-bond donors (Lipinski definition) is 0. The van der Waals surface area contributed by atoms with Crippen molar-refractivity contribution in [3.63, 3.8) is 0 Å². The second-order valence-corrected chi connectivity index (χ2v) is 8.35. The smallest absolute Gasteiger partial charge is 0.247 e. The van der Waals surface area contributed by atoms with E-state index in [2.05, 4.69) is 6.92 Å². The molecule has 3 heterocycles. The van der Waals surface area contributed by atoms with Crippen LogP contribution in [0.5, 0.6) is 11.5 Å². The fourth-order valence-corrected chi connectivity index (χ4v) is 5.72. The third kappa shape index (κ3) is 2.12. The van der Waals surface area contributed by atoms with E-state index in [4.69, 9.17) is 9.47 Å². The van der Waals surface area contributed by atoms with Gasteiger partial charge in [-0.1, -0.05) is 6.92 Å². The van der Waals surface area contributed by atoms with Crippen LogP contribution < -0.4 is 9.47 Å². The standard InChI is InChI=1S/C16H21NO4S/c1-11-3-2-6-17(10-11)22(18,19)16-13-5-8-20-14(13)9-12-4-7-21-15(12)16/h9,11H,2-8,10H2,1H3. The van der Waals surface area contributed by atoms with Gasteiger partial charge in [0.2, 0.25) is 10.0 Å². The van der Waals surface area contributed by atoms with Crippen LogP contribution in [-0.2, 0) is 22.9 Å². The lowest BCUT2D eigenvalue weighted by Gasteiger charge is -2.31. The second kappa shape index (κ2) is 5.13. The Morgan fingerprint density at radius 1 is 1.23 bits per heavy atom. The molecule has 1 aromatic carbocycles. The molecule has 1 atom stereocenters. The number of benzene rings is 1. The molecule has 0 amide bonds. The molecule has 0 saturated carbocycles. The minimum absolute atomic E-state index is 0.379. The number of piperidine rings is 1. The van der Waals surface area contributed by atoms with E-state index >= 15 is 0 Å². The van der Waals surface area contributed by atoms with E-state index in [1.165, 1.54) is 0 Å². The fraction of sp³-hybridized carbons (Fsp3) is 0.625. The molecule has 1 saturated heterocycles. The minimum atomic E-state index is -3.52. The fourth-order valence-electron chi connectivity index (χ4n) is 3.71. The lowest BCUT2D eigenvalue weighted by atomic mass is 10.0. The summed E-state index contributed by atoms with van der Waals surface area (Å²) in [6, 6.07) is 1.96. The first-order valence-electron chi connectivity index (χ1n) is 8.02. The maximum Gasteiger partial charge on any atom is 0.247 e. The Bertz CT molecular complexity index is 681. The lowest BCUT2D eigenvalue weighted by Crippen LogP contribution is -2.39. The SMILES string of the molecule is CC1CCCN(S(=O)(=O)c2c3c(cc4c2OCC4)OCC3)C1. The van der Waals surface area contributed by atoms with Crippen molar-refractivity contribution in [2.24, 2.45) is 5.92 Å². The maximum atomic E-state index is 13.2. The summed E-state index contributed by atoms with van der Waals surface area (Å²) in [7, 11) is -3.52. The van der Waals surface area contributed by atoms with Crippen molar-refractivity contribution in [3.8, 4) is 11.5 Å². The molecule has 6 heteroatoms. The van der Waals surface area contributed by atoms with Gasteiger partial charge in [-0.15, -0.1) is 0 Å². The molecule has 5 nitrogen and oxygen atoms in total. The van der Waals surface area contributed by atoms with Crippen LogP contribution in [0.4, 0.5) is 0 Å². The zero-order chi connectivity index (χ0) is 15.3. The predicted octanol–water partition coefficient (Wildman–Crippen LogP) is 1.98. The van der Waals surface area contributed by atoms with E-state index in [1.54, 1.807) is 4.31 Å². The van der Waals surface area contributed by atoms with Crippen LogP contribution in [-0.4, -0.2) is 39.0 Å². The van der Waals surface area contributed by atoms with E-state index in [1.807, 2.05) is 6.07 Å². The van der Waals surface area contributed by atoms with Gasteiger partial charge < -0.3 is 9.47 Å². The second-order valence-electron chi connectivity index (χ2n) is 6.48. The first kappa shape index (κ1) is 14.3. The van der Waals surface area contributed by atoms with Gasteiger partial charge in [-0.3, -0.25) is 0 Å². The third-order valence-electron chi connectivity index (χ3n) is 4.82. The summed E-state index contributed by atoms with van der Waals surface area (Å²) in [4.78, 5) is 0.379. The van der Waals surface area contributed by atoms with Crippen LogP contribution in [0.25, 0.3) is 0 Å². The minimum Gasteiger partial charge on any atom is -0.493 e. The highest BCUT2D eigenvalue weighted by Gasteiger charge is 2.38. The molecule has 0 spiro atoms. The average molecular weight is 323 g/mol. The normalized spacial score (nSPS) is 24.5. The molecule has 0 aromatic heterocycles. The molecule has 0 N–H and O–H groups in total. The Kier molecular flexibility index (Phi) is 3.34. The van der Waals surface area contributed by atoms with Gasteiger partial charge in [0.05, 0.1) is 13.2 Å². The Balaban J connectivity index is 1.85. The van der Waals surface area contributed by atoms with Crippen molar-refractivity contribution in [1.29, 1.82) is 0 Å². The number of ether oxygens (including phenoxy) is 2. The van der Waals surface area contributed by atoms with E-state index in [-0.39, 0.29) is 0 Å². The molecule has 3 aliphatic heterocycles. The van der Waals surface area contributed by atoms with E-state index < -0.39 is 10.0 Å². The first-order valence-corrected chi connectivity index (χ1v) is 9.46. The summed E-state index contributed by atoms with van der Waals surface area (Å²) in [6.45, 7) is 4.42. The molecule has 3 aliphatic rings. The number of sulfonamides is 1. The van der Waals surface area contributed by atoms with E-state index in [0.29, 0.717) is 49.3 Å². The highest BCUT2D eigenvalue weighted by molar-refractivity contribution is 7.89. The van der Waals surface area contributed by atoms with E-state index in [9.17, 15) is 8.42 Å². The van der Waals surface area contributed by atoms with Gasteiger partial charge in [0.25, 0.3) is 0 Å². The Hall–Kier alpha value is -1.27. The molecule has 4 rings (SSSR count). The lowest BCUT2D eigenvalue weighted by molar-refractivity contribution is 0.279. The quantitative estimate of drug-likeness (QED) is 0.835. The summed E-state index contributed by atoms with van der Waals surface area (Å²) < 4.78 is 39.4. The summed E-state index contributed by atoms with van der Waals surface area (Å²) in [5.41, 5.74) is 1.77. The van der Waals surface area contributed by atoms with Crippen LogP contribution in [0.3, 0.4) is 0 Å². The van der Waals surface area contributed by atoms with Crippen molar-refractivity contribution in [2.75, 3.05) is 26.3 Å². The van der Waals surface area contributed by atoms with Gasteiger partial charge >= 0.3 is 0 Å². The van der Waals surface area contributed by atoms with Gasteiger partial charge in [0.15, 0.2) is 0 Å². The molecule has 0 bridgehead atoms. The number of rotatable bonds is 2. The summed E-state index contributed by atoms with van der Waals surface area (Å²) in [5.74, 6) is 1.71. The largest absolute Gasteiger partial charge is 0.493 e. The third-order valence-corrected chi connectivity index (χ3v) is 6.78. The van der Waals surface area contributed by atoms with Gasteiger partial charge in [-0.05, 0) is 24.8 Å². The first-order chi connectivity index (χ1) is 10.6. The molecule has 0 radical (unpaired) electrons. The number of nitrogens with zero attached hydrogens (tertiary/aromatic N) is 1. The number of fused-ring (bicyclic) bond motifs is 2.